The van der Waals surface area contributed by atoms with Crippen molar-refractivity contribution in [1.82, 2.24) is 9.88 Å². The zero-order valence-corrected chi connectivity index (χ0v) is 19.2. The van der Waals surface area contributed by atoms with Gasteiger partial charge in [0.05, 0.1) is 12.3 Å². The van der Waals surface area contributed by atoms with Crippen LogP contribution >= 0.6 is 0 Å². The van der Waals surface area contributed by atoms with Crippen molar-refractivity contribution in [3.8, 4) is 11.3 Å². The van der Waals surface area contributed by atoms with Crippen LogP contribution in [-0.4, -0.2) is 54.3 Å². The van der Waals surface area contributed by atoms with Crippen LogP contribution in [0.2, 0.25) is 0 Å². The first-order chi connectivity index (χ1) is 15.5. The second kappa shape index (κ2) is 10.1. The highest BCUT2D eigenvalue weighted by atomic mass is 16.3. The van der Waals surface area contributed by atoms with Gasteiger partial charge < -0.3 is 10.0 Å². The van der Waals surface area contributed by atoms with E-state index >= 15 is 0 Å². The Hall–Kier alpha value is -2.95. The summed E-state index contributed by atoms with van der Waals surface area (Å²) in [6.45, 7) is 13.8. The third-order valence-corrected chi connectivity index (χ3v) is 6.26. The maximum absolute atomic E-state index is 9.15. The summed E-state index contributed by atoms with van der Waals surface area (Å²) in [4.78, 5) is 9.27. The topological polar surface area (TPSA) is 39.6 Å². The van der Waals surface area contributed by atoms with Crippen molar-refractivity contribution in [3.05, 3.63) is 89.6 Å². The first-order valence-electron chi connectivity index (χ1n) is 11.4. The number of aliphatic hydroxyl groups excluding tert-OH is 1. The van der Waals surface area contributed by atoms with E-state index in [0.29, 0.717) is 0 Å². The molecule has 4 heteroatoms. The lowest BCUT2D eigenvalue weighted by atomic mass is 9.93. The molecule has 1 aromatic heterocycles. The molecule has 2 aromatic carbocycles. The number of anilines is 1. The fourth-order valence-electron chi connectivity index (χ4n) is 4.60. The molecule has 166 valence electrons. The van der Waals surface area contributed by atoms with Gasteiger partial charge in [-0.05, 0) is 78.9 Å². The lowest BCUT2D eigenvalue weighted by molar-refractivity contribution is 0.189. The summed E-state index contributed by atoms with van der Waals surface area (Å²) in [5, 5.41) is 9.15. The van der Waals surface area contributed by atoms with E-state index in [4.69, 9.17) is 5.11 Å². The number of rotatable bonds is 7. The standard InChI is InChI=1S/C28H33N3O/c1-21-16-24(20-25(17-21)28-6-4-5-9-29-28)18-22(2)27-8-7-26(19-23(27)3)31-12-10-30(11-13-31)14-15-32/h4-9,16-17,19-20,32H,2,10-15,18H2,1,3H3. The molecule has 0 bridgehead atoms. The second-order valence-corrected chi connectivity index (χ2v) is 8.75. The van der Waals surface area contributed by atoms with Gasteiger partial charge in [0.25, 0.3) is 0 Å². The number of aliphatic hydroxyl groups is 1. The average molecular weight is 428 g/mol. The number of β-amino-alcohol motifs (C(OH)–C–C–N with tert-alkyl or cyclic N) is 1. The van der Waals surface area contributed by atoms with Crippen molar-refractivity contribution >= 4 is 11.3 Å². The molecule has 32 heavy (non-hydrogen) atoms. The number of benzene rings is 2. The molecule has 0 spiro atoms. The Kier molecular flexibility index (Phi) is 7.03. The smallest absolute Gasteiger partial charge is 0.0702 e. The number of hydrogen-bond acceptors (Lipinski definition) is 4. The number of piperazine rings is 1. The molecule has 0 atom stereocenters. The van der Waals surface area contributed by atoms with Crippen molar-refractivity contribution in [3.63, 3.8) is 0 Å². The van der Waals surface area contributed by atoms with E-state index in [1.165, 1.54) is 27.9 Å². The predicted molar refractivity (Wildman–Crippen MR) is 134 cm³/mol. The van der Waals surface area contributed by atoms with Crippen LogP contribution in [0.25, 0.3) is 16.8 Å². The number of aryl methyl sites for hydroxylation is 2. The number of hydrogen-bond donors (Lipinski definition) is 1. The Morgan fingerprint density at radius 1 is 1.00 bits per heavy atom. The van der Waals surface area contributed by atoms with Crippen LogP contribution < -0.4 is 4.90 Å². The highest BCUT2D eigenvalue weighted by molar-refractivity contribution is 5.72. The van der Waals surface area contributed by atoms with Crippen LogP contribution in [0.4, 0.5) is 5.69 Å². The molecule has 2 heterocycles. The number of allylic oxidation sites excluding steroid dienone is 1. The molecular weight excluding hydrogens is 394 g/mol. The minimum atomic E-state index is 0.236. The van der Waals surface area contributed by atoms with Gasteiger partial charge in [-0.1, -0.05) is 30.3 Å². The highest BCUT2D eigenvalue weighted by Gasteiger charge is 2.17. The van der Waals surface area contributed by atoms with Crippen molar-refractivity contribution in [2.45, 2.75) is 20.3 Å². The Balaban J connectivity index is 1.47. The Morgan fingerprint density at radius 3 is 2.50 bits per heavy atom. The van der Waals surface area contributed by atoms with Crippen molar-refractivity contribution in [2.75, 3.05) is 44.2 Å². The molecule has 4 rings (SSSR count). The number of pyridine rings is 1. The molecule has 3 aromatic rings. The van der Waals surface area contributed by atoms with E-state index in [2.05, 4.69) is 77.7 Å². The van der Waals surface area contributed by atoms with E-state index in [0.717, 1.165) is 56.0 Å². The van der Waals surface area contributed by atoms with Crippen molar-refractivity contribution in [2.24, 2.45) is 0 Å². The summed E-state index contributed by atoms with van der Waals surface area (Å²) in [6.07, 6.45) is 2.66. The summed E-state index contributed by atoms with van der Waals surface area (Å²) in [6, 6.07) is 19.4. The summed E-state index contributed by atoms with van der Waals surface area (Å²) in [7, 11) is 0. The molecule has 1 aliphatic heterocycles. The van der Waals surface area contributed by atoms with Gasteiger partial charge in [-0.3, -0.25) is 9.88 Å². The third-order valence-electron chi connectivity index (χ3n) is 6.26. The maximum Gasteiger partial charge on any atom is 0.0702 e. The highest BCUT2D eigenvalue weighted by Crippen LogP contribution is 2.28. The maximum atomic E-state index is 9.15. The fourth-order valence-corrected chi connectivity index (χ4v) is 4.60. The average Bonchev–Trinajstić information content (AvgIpc) is 2.80. The summed E-state index contributed by atoms with van der Waals surface area (Å²) >= 11 is 0. The van der Waals surface area contributed by atoms with Gasteiger partial charge in [0.15, 0.2) is 0 Å². The quantitative estimate of drug-likeness (QED) is 0.591. The first kappa shape index (κ1) is 22.3. The van der Waals surface area contributed by atoms with Gasteiger partial charge in [-0.25, -0.2) is 0 Å². The SMILES string of the molecule is C=C(Cc1cc(C)cc(-c2ccccn2)c1)c1ccc(N2CCN(CCO)CC2)cc1C. The molecule has 0 amide bonds. The molecular formula is C28H33N3O. The van der Waals surface area contributed by atoms with Gasteiger partial charge in [-0.2, -0.15) is 0 Å². The van der Waals surface area contributed by atoms with Crippen LogP contribution in [-0.2, 0) is 6.42 Å². The fraction of sp³-hybridized carbons (Fsp3) is 0.321. The summed E-state index contributed by atoms with van der Waals surface area (Å²) in [5.74, 6) is 0. The van der Waals surface area contributed by atoms with Crippen molar-refractivity contribution < 1.29 is 5.11 Å². The zero-order valence-electron chi connectivity index (χ0n) is 19.2. The molecule has 0 radical (unpaired) electrons. The first-order valence-corrected chi connectivity index (χ1v) is 11.4. The second-order valence-electron chi connectivity index (χ2n) is 8.75. The predicted octanol–water partition coefficient (Wildman–Crippen LogP) is 4.74. The third kappa shape index (κ3) is 5.26. The van der Waals surface area contributed by atoms with Gasteiger partial charge in [0.1, 0.15) is 0 Å². The minimum absolute atomic E-state index is 0.236. The molecule has 1 N–H and O–H groups in total. The largest absolute Gasteiger partial charge is 0.395 e. The van der Waals surface area contributed by atoms with Crippen LogP contribution in [0.15, 0.2) is 67.4 Å². The van der Waals surface area contributed by atoms with Gasteiger partial charge in [-0.15, -0.1) is 0 Å². The Bertz CT molecular complexity index is 1070. The normalized spacial score (nSPS) is 14.5. The lowest BCUT2D eigenvalue weighted by Crippen LogP contribution is -2.47. The van der Waals surface area contributed by atoms with E-state index in [9.17, 15) is 0 Å². The van der Waals surface area contributed by atoms with Gasteiger partial charge in [0, 0.05) is 50.2 Å². The molecule has 4 nitrogen and oxygen atoms in total. The molecule has 1 fully saturated rings. The number of nitrogens with zero attached hydrogens (tertiary/aromatic N) is 3. The van der Waals surface area contributed by atoms with E-state index in [1.54, 1.807) is 0 Å². The summed E-state index contributed by atoms with van der Waals surface area (Å²) < 4.78 is 0. The zero-order chi connectivity index (χ0) is 22.5. The van der Waals surface area contributed by atoms with Crippen LogP contribution in [0.1, 0.15) is 22.3 Å². The molecule has 0 aliphatic carbocycles. The van der Waals surface area contributed by atoms with Crippen molar-refractivity contribution in [1.29, 1.82) is 0 Å². The van der Waals surface area contributed by atoms with E-state index in [1.807, 2.05) is 18.3 Å². The van der Waals surface area contributed by atoms with E-state index in [-0.39, 0.29) is 6.61 Å². The van der Waals surface area contributed by atoms with Crippen LogP contribution in [0.3, 0.4) is 0 Å². The molecule has 0 saturated carbocycles. The van der Waals surface area contributed by atoms with Crippen LogP contribution in [0, 0.1) is 13.8 Å². The molecule has 1 saturated heterocycles. The van der Waals surface area contributed by atoms with Crippen LogP contribution in [0.5, 0.6) is 0 Å². The van der Waals surface area contributed by atoms with Gasteiger partial charge >= 0.3 is 0 Å². The molecule has 0 unspecified atom stereocenters. The Labute approximate surface area is 191 Å². The molecule has 1 aliphatic rings. The summed E-state index contributed by atoms with van der Waals surface area (Å²) in [5.41, 5.74) is 9.57. The van der Waals surface area contributed by atoms with Gasteiger partial charge in [0.2, 0.25) is 0 Å². The number of aromatic nitrogens is 1. The monoisotopic (exact) mass is 427 g/mol. The van der Waals surface area contributed by atoms with E-state index < -0.39 is 0 Å². The minimum Gasteiger partial charge on any atom is -0.395 e. The lowest BCUT2D eigenvalue weighted by Gasteiger charge is -2.36. The Morgan fingerprint density at radius 2 is 1.81 bits per heavy atom.